The van der Waals surface area contributed by atoms with Crippen LogP contribution in [-0.4, -0.2) is 55.8 Å². The second kappa shape index (κ2) is 4.85. The molecule has 0 aliphatic carbocycles. The van der Waals surface area contributed by atoms with Crippen molar-refractivity contribution in [3.05, 3.63) is 0 Å². The van der Waals surface area contributed by atoms with Crippen LogP contribution in [0.5, 0.6) is 0 Å². The Hall–Kier alpha value is -0.750. The molecule has 88 valence electrons. The van der Waals surface area contributed by atoms with Crippen molar-refractivity contribution in [2.24, 2.45) is 5.41 Å². The van der Waals surface area contributed by atoms with Crippen LogP contribution in [0.1, 0.15) is 6.42 Å². The summed E-state index contributed by atoms with van der Waals surface area (Å²) in [5, 5.41) is 9.05. The molecule has 1 rings (SSSR count). The number of carboxylic acid groups (broad SMARTS) is 1. The van der Waals surface area contributed by atoms with Gasteiger partial charge in [0, 0.05) is 13.2 Å². The first kappa shape index (κ1) is 12.3. The Morgan fingerprint density at radius 2 is 2.33 bits per heavy atom. The van der Waals surface area contributed by atoms with Crippen LogP contribution in [0.25, 0.3) is 0 Å². The van der Waals surface area contributed by atoms with Gasteiger partial charge in [0.05, 0.1) is 13.2 Å². The van der Waals surface area contributed by atoms with Crippen LogP contribution in [0.2, 0.25) is 0 Å². The van der Waals surface area contributed by atoms with E-state index in [9.17, 15) is 13.6 Å². The van der Waals surface area contributed by atoms with Gasteiger partial charge in [-0.1, -0.05) is 0 Å². The highest BCUT2D eigenvalue weighted by Gasteiger charge is 2.43. The SMILES string of the molecule is CN(CC(F)F)CC1(C(=O)O)CCOC1. The van der Waals surface area contributed by atoms with E-state index < -0.39 is 24.4 Å². The minimum absolute atomic E-state index is 0.104. The lowest BCUT2D eigenvalue weighted by molar-refractivity contribution is -0.150. The standard InChI is InChI=1S/C9H15F2NO3/c1-12(4-7(10)11)5-9(8(13)14)2-3-15-6-9/h7H,2-6H2,1H3,(H,13,14). The second-order valence-electron chi connectivity index (χ2n) is 3.98. The lowest BCUT2D eigenvalue weighted by atomic mass is 9.87. The summed E-state index contributed by atoms with van der Waals surface area (Å²) in [5.74, 6) is -0.971. The van der Waals surface area contributed by atoms with Crippen LogP contribution in [0.15, 0.2) is 0 Å². The van der Waals surface area contributed by atoms with Crippen molar-refractivity contribution < 1.29 is 23.4 Å². The number of aliphatic carboxylic acids is 1. The summed E-state index contributed by atoms with van der Waals surface area (Å²) in [6, 6.07) is 0. The van der Waals surface area contributed by atoms with Gasteiger partial charge in [-0.3, -0.25) is 9.69 Å². The Kier molecular flexibility index (Phi) is 3.98. The third-order valence-electron chi connectivity index (χ3n) is 2.58. The Balaban J connectivity index is 2.55. The highest BCUT2D eigenvalue weighted by Crippen LogP contribution is 2.29. The molecule has 4 nitrogen and oxygen atoms in total. The number of carbonyl (C=O) groups is 1. The van der Waals surface area contributed by atoms with Crippen LogP contribution in [-0.2, 0) is 9.53 Å². The molecular weight excluding hydrogens is 208 g/mol. The van der Waals surface area contributed by atoms with E-state index >= 15 is 0 Å². The van der Waals surface area contributed by atoms with Crippen molar-refractivity contribution in [1.82, 2.24) is 4.90 Å². The molecule has 1 saturated heterocycles. The molecule has 6 heteroatoms. The molecule has 1 aliphatic rings. The van der Waals surface area contributed by atoms with Crippen LogP contribution in [0.3, 0.4) is 0 Å². The smallest absolute Gasteiger partial charge is 0.313 e. The zero-order chi connectivity index (χ0) is 11.5. The van der Waals surface area contributed by atoms with Crippen molar-refractivity contribution in [1.29, 1.82) is 0 Å². The summed E-state index contributed by atoms with van der Waals surface area (Å²) in [4.78, 5) is 12.4. The largest absolute Gasteiger partial charge is 0.481 e. The molecule has 15 heavy (non-hydrogen) atoms. The molecule has 1 fully saturated rings. The molecule has 1 aliphatic heterocycles. The molecule has 1 N–H and O–H groups in total. The highest BCUT2D eigenvalue weighted by molar-refractivity contribution is 5.75. The maximum atomic E-state index is 12.1. The average Bonchev–Trinajstić information content (AvgIpc) is 2.52. The molecule has 0 bridgehead atoms. The van der Waals surface area contributed by atoms with Crippen LogP contribution in [0.4, 0.5) is 8.78 Å². The van der Waals surface area contributed by atoms with Gasteiger partial charge in [0.25, 0.3) is 6.43 Å². The van der Waals surface area contributed by atoms with Crippen LogP contribution in [0, 0.1) is 5.41 Å². The Morgan fingerprint density at radius 1 is 1.67 bits per heavy atom. The van der Waals surface area contributed by atoms with Gasteiger partial charge in [0.15, 0.2) is 0 Å². The van der Waals surface area contributed by atoms with Crippen LogP contribution >= 0.6 is 0 Å². The van der Waals surface area contributed by atoms with Gasteiger partial charge in [0.1, 0.15) is 5.41 Å². The quantitative estimate of drug-likeness (QED) is 0.744. The van der Waals surface area contributed by atoms with Crippen molar-refractivity contribution in [2.45, 2.75) is 12.8 Å². The molecule has 0 aromatic carbocycles. The lowest BCUT2D eigenvalue weighted by Crippen LogP contribution is -2.43. The summed E-state index contributed by atoms with van der Waals surface area (Å²) >= 11 is 0. The van der Waals surface area contributed by atoms with Crippen molar-refractivity contribution >= 4 is 5.97 Å². The van der Waals surface area contributed by atoms with E-state index in [-0.39, 0.29) is 13.2 Å². The first-order valence-electron chi connectivity index (χ1n) is 4.74. The number of hydrogen-bond donors (Lipinski definition) is 1. The van der Waals surface area contributed by atoms with Gasteiger partial charge < -0.3 is 9.84 Å². The molecular formula is C9H15F2NO3. The van der Waals surface area contributed by atoms with E-state index in [4.69, 9.17) is 9.84 Å². The third kappa shape index (κ3) is 3.10. The van der Waals surface area contributed by atoms with E-state index in [0.717, 1.165) is 0 Å². The van der Waals surface area contributed by atoms with Crippen molar-refractivity contribution in [3.63, 3.8) is 0 Å². The van der Waals surface area contributed by atoms with E-state index in [1.54, 1.807) is 0 Å². The van der Waals surface area contributed by atoms with E-state index in [2.05, 4.69) is 0 Å². The van der Waals surface area contributed by atoms with Gasteiger partial charge in [-0.2, -0.15) is 0 Å². The zero-order valence-corrected chi connectivity index (χ0v) is 8.58. The molecule has 1 heterocycles. The molecule has 1 atom stereocenters. The van der Waals surface area contributed by atoms with Gasteiger partial charge in [-0.05, 0) is 13.5 Å². The van der Waals surface area contributed by atoms with Gasteiger partial charge in [-0.25, -0.2) is 8.78 Å². The van der Waals surface area contributed by atoms with Gasteiger partial charge in [-0.15, -0.1) is 0 Å². The topological polar surface area (TPSA) is 49.8 Å². The Morgan fingerprint density at radius 3 is 2.73 bits per heavy atom. The zero-order valence-electron chi connectivity index (χ0n) is 8.58. The number of nitrogens with zero attached hydrogens (tertiary/aromatic N) is 1. The van der Waals surface area contributed by atoms with E-state index in [1.807, 2.05) is 0 Å². The molecule has 0 spiro atoms. The number of alkyl halides is 2. The molecule has 0 amide bonds. The maximum Gasteiger partial charge on any atom is 0.313 e. The summed E-state index contributed by atoms with van der Waals surface area (Å²) in [6.07, 6.45) is -2.06. The minimum Gasteiger partial charge on any atom is -0.481 e. The average molecular weight is 223 g/mol. The number of halogens is 2. The number of carboxylic acids is 1. The monoisotopic (exact) mass is 223 g/mol. The lowest BCUT2D eigenvalue weighted by Gasteiger charge is -2.27. The summed E-state index contributed by atoms with van der Waals surface area (Å²) in [5.41, 5.74) is -1.01. The number of ether oxygens (including phenoxy) is 1. The van der Waals surface area contributed by atoms with Gasteiger partial charge >= 0.3 is 5.97 Å². The highest BCUT2D eigenvalue weighted by atomic mass is 19.3. The van der Waals surface area contributed by atoms with E-state index in [1.165, 1.54) is 11.9 Å². The summed E-state index contributed by atoms with van der Waals surface area (Å²) < 4.78 is 29.2. The normalized spacial score (nSPS) is 26.5. The molecule has 0 radical (unpaired) electrons. The van der Waals surface area contributed by atoms with Gasteiger partial charge in [0.2, 0.25) is 0 Å². The molecule has 0 aromatic rings. The summed E-state index contributed by atoms with van der Waals surface area (Å²) in [6.45, 7) is 0.187. The first-order valence-corrected chi connectivity index (χ1v) is 4.74. The number of hydrogen-bond acceptors (Lipinski definition) is 3. The fourth-order valence-electron chi connectivity index (χ4n) is 1.79. The molecule has 1 unspecified atom stereocenters. The predicted molar refractivity (Wildman–Crippen MR) is 49.0 cm³/mol. The van der Waals surface area contributed by atoms with Crippen molar-refractivity contribution in [3.8, 4) is 0 Å². The minimum atomic E-state index is -2.44. The molecule has 0 aromatic heterocycles. The Labute approximate surface area is 86.8 Å². The Bertz CT molecular complexity index is 229. The summed E-state index contributed by atoms with van der Waals surface area (Å²) in [7, 11) is 1.50. The second-order valence-corrected chi connectivity index (χ2v) is 3.98. The molecule has 0 saturated carbocycles. The maximum absolute atomic E-state index is 12.1. The fraction of sp³-hybridized carbons (Fsp3) is 0.889. The van der Waals surface area contributed by atoms with E-state index in [0.29, 0.717) is 13.0 Å². The third-order valence-corrected chi connectivity index (χ3v) is 2.58. The van der Waals surface area contributed by atoms with Crippen molar-refractivity contribution in [2.75, 3.05) is 33.4 Å². The predicted octanol–water partition coefficient (Wildman–Crippen LogP) is 0.675. The number of rotatable bonds is 5. The fourth-order valence-corrected chi connectivity index (χ4v) is 1.79. The van der Waals surface area contributed by atoms with Crippen LogP contribution < -0.4 is 0 Å². The first-order chi connectivity index (χ1) is 6.96.